The number of fused-ring (bicyclic) bond motifs is 1. The second-order valence-corrected chi connectivity index (χ2v) is 7.87. The predicted octanol–water partition coefficient (Wildman–Crippen LogP) is 4.32. The van der Waals surface area contributed by atoms with Gasteiger partial charge in [0.2, 0.25) is 0 Å². The van der Waals surface area contributed by atoms with Gasteiger partial charge in [0.05, 0.1) is 50.3 Å². The normalized spacial score (nSPS) is 10.6. The third kappa shape index (κ3) is 5.10. The number of carbonyl (C=O) groups excluding carboxylic acids is 1. The number of anilines is 1. The average Bonchev–Trinajstić information content (AvgIpc) is 3.36. The van der Waals surface area contributed by atoms with E-state index in [2.05, 4.69) is 10.3 Å². The molecule has 0 aliphatic rings. The number of pyridine rings is 1. The molecule has 0 aliphatic heterocycles. The van der Waals surface area contributed by atoms with E-state index in [9.17, 15) is 9.59 Å². The lowest BCUT2D eigenvalue weighted by atomic mass is 10.1. The first-order valence-corrected chi connectivity index (χ1v) is 10.8. The van der Waals surface area contributed by atoms with Crippen molar-refractivity contribution in [3.8, 4) is 5.75 Å². The highest BCUT2D eigenvalue weighted by atomic mass is 32.1. The molecule has 4 rings (SSSR count). The molecule has 4 aromatic rings. The molecule has 8 nitrogen and oxygen atoms in total. The Bertz CT molecular complexity index is 1380. The number of benzene rings is 2. The maximum Gasteiger partial charge on any atom is 0.339 e. The lowest BCUT2D eigenvalue weighted by Gasteiger charge is -2.25. The molecule has 2 aromatic carbocycles. The van der Waals surface area contributed by atoms with Crippen molar-refractivity contribution in [1.29, 1.82) is 0 Å². The minimum atomic E-state index is -0.482. The molecule has 2 N–H and O–H groups in total. The van der Waals surface area contributed by atoms with Gasteiger partial charge in [-0.2, -0.15) is 0 Å². The second kappa shape index (κ2) is 10.2. The lowest BCUT2D eigenvalue weighted by Crippen LogP contribution is -2.35. The summed E-state index contributed by atoms with van der Waals surface area (Å²) < 4.78 is 15.6. The molecule has 2 heterocycles. The van der Waals surface area contributed by atoms with E-state index in [4.69, 9.17) is 26.1 Å². The predicted molar refractivity (Wildman–Crippen MR) is 133 cm³/mol. The van der Waals surface area contributed by atoms with Crippen LogP contribution in [0.1, 0.15) is 21.7 Å². The molecule has 174 valence electrons. The number of H-pyrrole nitrogens is 1. The summed E-state index contributed by atoms with van der Waals surface area (Å²) in [6.07, 6.45) is 1.58. The molecular weight excluding hydrogens is 454 g/mol. The van der Waals surface area contributed by atoms with Crippen molar-refractivity contribution in [3.63, 3.8) is 0 Å². The van der Waals surface area contributed by atoms with Crippen molar-refractivity contribution in [3.05, 3.63) is 94.2 Å². The van der Waals surface area contributed by atoms with Crippen LogP contribution in [-0.2, 0) is 17.8 Å². The zero-order valence-electron chi connectivity index (χ0n) is 18.7. The summed E-state index contributed by atoms with van der Waals surface area (Å²) in [6, 6.07) is 17.8. The van der Waals surface area contributed by atoms with Crippen molar-refractivity contribution in [1.82, 2.24) is 9.88 Å². The molecule has 0 aliphatic carbocycles. The third-order valence-electron chi connectivity index (χ3n) is 5.28. The Kier molecular flexibility index (Phi) is 6.93. The number of hydrogen-bond donors (Lipinski definition) is 2. The van der Waals surface area contributed by atoms with E-state index in [0.29, 0.717) is 45.5 Å². The Labute approximate surface area is 201 Å². The molecule has 0 bridgehead atoms. The van der Waals surface area contributed by atoms with E-state index in [0.717, 1.165) is 5.39 Å². The summed E-state index contributed by atoms with van der Waals surface area (Å²) in [4.78, 5) is 29.7. The number of thiocarbonyl (C=S) groups is 1. The molecule has 2 aromatic heterocycles. The van der Waals surface area contributed by atoms with Crippen LogP contribution in [0.25, 0.3) is 10.9 Å². The fourth-order valence-electron chi connectivity index (χ4n) is 3.54. The minimum absolute atomic E-state index is 0.213. The topological polar surface area (TPSA) is 96.8 Å². The smallest absolute Gasteiger partial charge is 0.339 e. The van der Waals surface area contributed by atoms with Crippen LogP contribution in [0.2, 0.25) is 0 Å². The highest BCUT2D eigenvalue weighted by molar-refractivity contribution is 7.80. The van der Waals surface area contributed by atoms with Crippen molar-refractivity contribution in [2.24, 2.45) is 0 Å². The molecule has 0 amide bonds. The molecule has 0 radical (unpaired) electrons. The van der Waals surface area contributed by atoms with Crippen molar-refractivity contribution >= 4 is 39.9 Å². The number of nitrogens with zero attached hydrogens (tertiary/aromatic N) is 1. The lowest BCUT2D eigenvalue weighted by molar-refractivity contribution is 0.0602. The third-order valence-corrected chi connectivity index (χ3v) is 5.64. The van der Waals surface area contributed by atoms with Crippen LogP contribution in [0.5, 0.6) is 5.75 Å². The Morgan fingerprint density at radius 3 is 2.65 bits per heavy atom. The Hall–Kier alpha value is -4.11. The van der Waals surface area contributed by atoms with E-state index in [1.807, 2.05) is 24.3 Å². The summed E-state index contributed by atoms with van der Waals surface area (Å²) in [5, 5.41) is 4.30. The standard InChI is InChI=1S/C25H23N3O5S/c1-31-18-10-9-16-12-17(23(29)26-22(16)13-18)14-28(15-19-6-5-11-33-19)25(34)27-21-8-4-3-7-20(21)24(30)32-2/h3-13H,14-15H2,1-2H3,(H,26,29)(H,27,34). The zero-order valence-corrected chi connectivity index (χ0v) is 19.5. The van der Waals surface area contributed by atoms with Crippen LogP contribution in [0, 0.1) is 0 Å². The number of aromatic amines is 1. The molecule has 0 unspecified atom stereocenters. The van der Waals surface area contributed by atoms with Crippen LogP contribution in [0.15, 0.2) is 76.1 Å². The first-order chi connectivity index (χ1) is 16.5. The van der Waals surface area contributed by atoms with Crippen LogP contribution in [0.4, 0.5) is 5.69 Å². The van der Waals surface area contributed by atoms with Crippen LogP contribution >= 0.6 is 12.2 Å². The van der Waals surface area contributed by atoms with Gasteiger partial charge >= 0.3 is 5.97 Å². The fraction of sp³-hybridized carbons (Fsp3) is 0.160. The van der Waals surface area contributed by atoms with Gasteiger partial charge in [-0.1, -0.05) is 12.1 Å². The van der Waals surface area contributed by atoms with Crippen LogP contribution in [0.3, 0.4) is 0 Å². The number of esters is 1. The Morgan fingerprint density at radius 2 is 1.91 bits per heavy atom. The van der Waals surface area contributed by atoms with E-state index < -0.39 is 5.97 Å². The quantitative estimate of drug-likeness (QED) is 0.300. The number of carbonyl (C=O) groups is 1. The highest BCUT2D eigenvalue weighted by Gasteiger charge is 2.18. The molecule has 0 fully saturated rings. The number of aromatic nitrogens is 1. The summed E-state index contributed by atoms with van der Waals surface area (Å²) in [5.41, 5.74) is 1.82. The maximum absolute atomic E-state index is 12.9. The van der Waals surface area contributed by atoms with Crippen molar-refractivity contribution < 1.29 is 18.7 Å². The molecule has 0 atom stereocenters. The van der Waals surface area contributed by atoms with Gasteiger partial charge in [-0.25, -0.2) is 4.79 Å². The first kappa shape index (κ1) is 23.1. The van der Waals surface area contributed by atoms with E-state index in [-0.39, 0.29) is 12.1 Å². The number of furan rings is 1. The monoisotopic (exact) mass is 477 g/mol. The first-order valence-electron chi connectivity index (χ1n) is 10.4. The summed E-state index contributed by atoms with van der Waals surface area (Å²) in [5.74, 6) is 0.849. The van der Waals surface area contributed by atoms with Crippen molar-refractivity contribution in [2.45, 2.75) is 13.1 Å². The van der Waals surface area contributed by atoms with Gasteiger partial charge in [0.15, 0.2) is 5.11 Å². The van der Waals surface area contributed by atoms with Gasteiger partial charge in [-0.05, 0) is 60.1 Å². The van der Waals surface area contributed by atoms with Gasteiger partial charge in [0.1, 0.15) is 11.5 Å². The van der Waals surface area contributed by atoms with Crippen LogP contribution < -0.4 is 15.6 Å². The number of methoxy groups -OCH3 is 2. The van der Waals surface area contributed by atoms with E-state index in [1.54, 1.807) is 54.7 Å². The highest BCUT2D eigenvalue weighted by Crippen LogP contribution is 2.21. The van der Waals surface area contributed by atoms with Gasteiger partial charge in [0.25, 0.3) is 5.56 Å². The van der Waals surface area contributed by atoms with Crippen LogP contribution in [-0.4, -0.2) is 35.2 Å². The zero-order chi connectivity index (χ0) is 24.1. The minimum Gasteiger partial charge on any atom is -0.497 e. The average molecular weight is 478 g/mol. The van der Waals surface area contributed by atoms with Gasteiger partial charge in [-0.3, -0.25) is 4.79 Å². The van der Waals surface area contributed by atoms with Gasteiger partial charge in [0, 0.05) is 11.6 Å². The largest absolute Gasteiger partial charge is 0.497 e. The number of ether oxygens (including phenoxy) is 2. The van der Waals surface area contributed by atoms with Crippen molar-refractivity contribution in [2.75, 3.05) is 19.5 Å². The molecule has 9 heteroatoms. The maximum atomic E-state index is 12.9. The fourth-order valence-corrected chi connectivity index (χ4v) is 3.78. The number of nitrogens with one attached hydrogen (secondary N) is 2. The molecule has 0 saturated carbocycles. The number of hydrogen-bond acceptors (Lipinski definition) is 6. The van der Waals surface area contributed by atoms with E-state index >= 15 is 0 Å². The molecule has 34 heavy (non-hydrogen) atoms. The molecule has 0 saturated heterocycles. The SMILES string of the molecule is COC(=O)c1ccccc1NC(=S)N(Cc1ccco1)Cc1cc2ccc(OC)cc2[nH]c1=O. The number of rotatable bonds is 7. The Morgan fingerprint density at radius 1 is 1.09 bits per heavy atom. The summed E-state index contributed by atoms with van der Waals surface area (Å²) in [7, 11) is 2.90. The summed E-state index contributed by atoms with van der Waals surface area (Å²) in [6.45, 7) is 0.531. The second-order valence-electron chi connectivity index (χ2n) is 7.48. The van der Waals surface area contributed by atoms with E-state index in [1.165, 1.54) is 7.11 Å². The number of para-hydroxylation sites is 1. The molecular formula is C25H23N3O5S. The Balaban J connectivity index is 1.65. The summed E-state index contributed by atoms with van der Waals surface area (Å²) >= 11 is 5.68. The van der Waals surface area contributed by atoms with Gasteiger partial charge < -0.3 is 29.1 Å². The van der Waals surface area contributed by atoms with Gasteiger partial charge in [-0.15, -0.1) is 0 Å². The molecule has 0 spiro atoms.